The summed E-state index contributed by atoms with van der Waals surface area (Å²) in [7, 11) is 3.06. The van der Waals surface area contributed by atoms with Crippen LogP contribution in [0.15, 0.2) is 18.2 Å². The highest BCUT2D eigenvalue weighted by Gasteiger charge is 2.49. The van der Waals surface area contributed by atoms with E-state index in [-0.39, 0.29) is 25.2 Å². The largest absolute Gasteiger partial charge is 0.493 e. The highest BCUT2D eigenvalue weighted by Crippen LogP contribution is 2.44. The maximum Gasteiger partial charge on any atom is 0.312 e. The fraction of sp³-hybridized carbons (Fsp3) is 0.556. The van der Waals surface area contributed by atoms with Crippen LogP contribution in [0.4, 0.5) is 0 Å². The normalized spacial score (nSPS) is 26.8. The number of methoxy groups -OCH3 is 2. The first-order valence-corrected chi connectivity index (χ1v) is 7.96. The van der Waals surface area contributed by atoms with Gasteiger partial charge in [0.15, 0.2) is 11.5 Å². The van der Waals surface area contributed by atoms with Crippen LogP contribution < -0.4 is 9.47 Å². The molecule has 6 nitrogen and oxygen atoms in total. The molecule has 0 unspecified atom stereocenters. The lowest BCUT2D eigenvalue weighted by Crippen LogP contribution is -2.49. The van der Waals surface area contributed by atoms with Gasteiger partial charge in [0.1, 0.15) is 5.78 Å². The second kappa shape index (κ2) is 7.21. The van der Waals surface area contributed by atoms with Crippen molar-refractivity contribution in [2.24, 2.45) is 5.92 Å². The van der Waals surface area contributed by atoms with E-state index in [0.717, 1.165) is 5.56 Å². The molecule has 1 aromatic carbocycles. The van der Waals surface area contributed by atoms with Gasteiger partial charge in [-0.2, -0.15) is 0 Å². The molecule has 1 N–H and O–H groups in total. The lowest BCUT2D eigenvalue weighted by atomic mass is 9.67. The lowest BCUT2D eigenvalue weighted by Gasteiger charge is -2.40. The number of benzene rings is 1. The molecule has 132 valence electrons. The Kier molecular flexibility index (Phi) is 5.49. The van der Waals surface area contributed by atoms with E-state index in [1.54, 1.807) is 25.1 Å². The van der Waals surface area contributed by atoms with E-state index in [4.69, 9.17) is 14.2 Å². The molecule has 3 atom stereocenters. The van der Waals surface area contributed by atoms with Crippen molar-refractivity contribution in [2.75, 3.05) is 20.8 Å². The first-order chi connectivity index (χ1) is 11.3. The van der Waals surface area contributed by atoms with Crippen molar-refractivity contribution >= 4 is 11.8 Å². The van der Waals surface area contributed by atoms with Gasteiger partial charge < -0.3 is 19.3 Å². The topological polar surface area (TPSA) is 82.1 Å². The molecular weight excluding hydrogens is 312 g/mol. The Morgan fingerprint density at radius 1 is 1.29 bits per heavy atom. The minimum absolute atomic E-state index is 0.0553. The summed E-state index contributed by atoms with van der Waals surface area (Å²) >= 11 is 0. The van der Waals surface area contributed by atoms with E-state index >= 15 is 0 Å². The Balaban J connectivity index is 2.46. The Hall–Kier alpha value is -2.08. The first kappa shape index (κ1) is 18.3. The monoisotopic (exact) mass is 336 g/mol. The Morgan fingerprint density at radius 2 is 1.96 bits per heavy atom. The summed E-state index contributed by atoms with van der Waals surface area (Å²) in [4.78, 5) is 24.5. The second-order valence-electron chi connectivity index (χ2n) is 6.23. The highest BCUT2D eigenvalue weighted by atomic mass is 16.5. The molecule has 0 aromatic heterocycles. The number of hydrogen-bond donors (Lipinski definition) is 1. The van der Waals surface area contributed by atoms with Crippen molar-refractivity contribution in [1.29, 1.82) is 0 Å². The van der Waals surface area contributed by atoms with E-state index in [2.05, 4.69) is 0 Å². The smallest absolute Gasteiger partial charge is 0.312 e. The molecule has 0 bridgehead atoms. The van der Waals surface area contributed by atoms with Crippen LogP contribution in [0.25, 0.3) is 0 Å². The number of aliphatic hydroxyl groups is 1. The summed E-state index contributed by atoms with van der Waals surface area (Å²) in [6, 6.07) is 5.25. The Labute approximate surface area is 141 Å². The molecule has 0 saturated heterocycles. The van der Waals surface area contributed by atoms with Crippen LogP contribution in [0, 0.1) is 5.92 Å². The number of esters is 1. The van der Waals surface area contributed by atoms with Crippen LogP contribution in [0.2, 0.25) is 0 Å². The molecule has 0 spiro atoms. The van der Waals surface area contributed by atoms with Crippen LogP contribution in [-0.4, -0.2) is 43.3 Å². The molecule has 1 aliphatic carbocycles. The summed E-state index contributed by atoms with van der Waals surface area (Å²) in [5.74, 6) is -0.790. The molecule has 1 aromatic rings. The standard InChI is InChI=1S/C18H24O6/c1-5-24-17(20)16-13(9-12(19)10-18(16,2)21)11-6-7-14(22-3)15(8-11)23-4/h6-8,13,16,21H,5,9-10H2,1-4H3/t13-,16-,18+/m0/s1. The van der Waals surface area contributed by atoms with Crippen LogP contribution in [0.3, 0.4) is 0 Å². The summed E-state index contributed by atoms with van der Waals surface area (Å²) in [5.41, 5.74) is -0.710. The summed E-state index contributed by atoms with van der Waals surface area (Å²) in [6.07, 6.45) is 0.120. The minimum atomic E-state index is -1.45. The SMILES string of the molecule is CCOC(=O)[C@@H]1[C@H](c2ccc(OC)c(OC)c2)CC(=O)C[C@@]1(C)O. The highest BCUT2D eigenvalue weighted by molar-refractivity contribution is 5.86. The van der Waals surface area contributed by atoms with Crippen LogP contribution in [0.1, 0.15) is 38.2 Å². The molecule has 6 heteroatoms. The third-order valence-corrected chi connectivity index (χ3v) is 4.45. The zero-order valence-electron chi connectivity index (χ0n) is 14.5. The average Bonchev–Trinajstić information content (AvgIpc) is 2.52. The predicted octanol–water partition coefficient (Wildman–Crippen LogP) is 2.08. The fourth-order valence-corrected chi connectivity index (χ4v) is 3.42. The van der Waals surface area contributed by atoms with Crippen molar-refractivity contribution in [3.63, 3.8) is 0 Å². The van der Waals surface area contributed by atoms with E-state index in [0.29, 0.717) is 11.5 Å². The molecule has 0 amide bonds. The zero-order chi connectivity index (χ0) is 17.9. The molecule has 24 heavy (non-hydrogen) atoms. The van der Waals surface area contributed by atoms with Crippen molar-refractivity contribution < 1.29 is 28.9 Å². The number of Topliss-reactive ketones (excluding diaryl/α,β-unsaturated/α-hetero) is 1. The van der Waals surface area contributed by atoms with Gasteiger partial charge in [-0.05, 0) is 31.5 Å². The molecule has 2 rings (SSSR count). The molecule has 0 aliphatic heterocycles. The third kappa shape index (κ3) is 3.53. The van der Waals surface area contributed by atoms with Crippen LogP contribution in [0.5, 0.6) is 11.5 Å². The minimum Gasteiger partial charge on any atom is -0.493 e. The van der Waals surface area contributed by atoms with Crippen molar-refractivity contribution in [3.05, 3.63) is 23.8 Å². The van der Waals surface area contributed by atoms with Crippen molar-refractivity contribution in [3.8, 4) is 11.5 Å². The van der Waals surface area contributed by atoms with Crippen molar-refractivity contribution in [2.45, 2.75) is 38.2 Å². The number of ether oxygens (including phenoxy) is 3. The van der Waals surface area contributed by atoms with Gasteiger partial charge in [0.2, 0.25) is 0 Å². The summed E-state index contributed by atoms with van der Waals surface area (Å²) in [6.45, 7) is 3.45. The number of carbonyl (C=O) groups excluding carboxylic acids is 2. The predicted molar refractivity (Wildman–Crippen MR) is 87.3 cm³/mol. The maximum absolute atomic E-state index is 12.4. The van der Waals surface area contributed by atoms with Gasteiger partial charge in [0, 0.05) is 18.8 Å². The van der Waals surface area contributed by atoms with Gasteiger partial charge in [-0.15, -0.1) is 0 Å². The van der Waals surface area contributed by atoms with Gasteiger partial charge in [0.05, 0.1) is 32.3 Å². The number of carbonyl (C=O) groups is 2. The van der Waals surface area contributed by atoms with Gasteiger partial charge in [-0.1, -0.05) is 6.07 Å². The van der Waals surface area contributed by atoms with E-state index in [1.165, 1.54) is 21.1 Å². The van der Waals surface area contributed by atoms with E-state index in [9.17, 15) is 14.7 Å². The second-order valence-corrected chi connectivity index (χ2v) is 6.23. The summed E-state index contributed by atoms with van der Waals surface area (Å²) in [5, 5.41) is 10.7. The maximum atomic E-state index is 12.4. The third-order valence-electron chi connectivity index (χ3n) is 4.45. The summed E-state index contributed by atoms with van der Waals surface area (Å²) < 4.78 is 15.7. The van der Waals surface area contributed by atoms with E-state index < -0.39 is 23.4 Å². The Bertz CT molecular complexity index is 622. The molecule has 0 radical (unpaired) electrons. The molecule has 1 aliphatic rings. The molecule has 1 saturated carbocycles. The molecule has 0 heterocycles. The Morgan fingerprint density at radius 3 is 2.54 bits per heavy atom. The number of ketones is 1. The van der Waals surface area contributed by atoms with E-state index in [1.807, 2.05) is 0 Å². The van der Waals surface area contributed by atoms with Gasteiger partial charge in [-0.3, -0.25) is 9.59 Å². The zero-order valence-corrected chi connectivity index (χ0v) is 14.5. The van der Waals surface area contributed by atoms with Gasteiger partial charge in [0.25, 0.3) is 0 Å². The van der Waals surface area contributed by atoms with Crippen LogP contribution >= 0.6 is 0 Å². The first-order valence-electron chi connectivity index (χ1n) is 7.96. The molecular formula is C18H24O6. The average molecular weight is 336 g/mol. The van der Waals surface area contributed by atoms with Crippen LogP contribution in [-0.2, 0) is 14.3 Å². The molecule has 1 fully saturated rings. The fourth-order valence-electron chi connectivity index (χ4n) is 3.42. The van der Waals surface area contributed by atoms with Crippen molar-refractivity contribution in [1.82, 2.24) is 0 Å². The number of rotatable bonds is 5. The lowest BCUT2D eigenvalue weighted by molar-refractivity contribution is -0.164. The van der Waals surface area contributed by atoms with Gasteiger partial charge in [-0.25, -0.2) is 0 Å². The quantitative estimate of drug-likeness (QED) is 0.829. The number of hydrogen-bond acceptors (Lipinski definition) is 6. The van der Waals surface area contributed by atoms with Gasteiger partial charge >= 0.3 is 5.97 Å².